The Hall–Kier alpha value is -1.09. The Kier molecular flexibility index (Phi) is 3.74. The van der Waals surface area contributed by atoms with Gasteiger partial charge in [0.25, 0.3) is 0 Å². The predicted octanol–water partition coefficient (Wildman–Crippen LogP) is 3.33. The lowest BCUT2D eigenvalue weighted by molar-refractivity contribution is 0.201. The smallest absolute Gasteiger partial charge is 0.130 e. The van der Waals surface area contributed by atoms with Crippen LogP contribution in [0.3, 0.4) is 0 Å². The van der Waals surface area contributed by atoms with Gasteiger partial charge in [0.05, 0.1) is 6.61 Å². The number of benzene rings is 1. The van der Waals surface area contributed by atoms with Crippen LogP contribution in [-0.4, -0.2) is 18.2 Å². The lowest BCUT2D eigenvalue weighted by Crippen LogP contribution is -2.42. The minimum atomic E-state index is -0.286. The SMILES string of the molecule is OCc1c(F)cccc1N1CCC2CCCCC2C1. The molecule has 0 aromatic heterocycles. The molecule has 2 unspecified atom stereocenters. The molecule has 1 aliphatic carbocycles. The predicted molar refractivity (Wildman–Crippen MR) is 74.6 cm³/mol. The minimum absolute atomic E-state index is 0.216. The third-order valence-electron chi connectivity index (χ3n) is 4.88. The summed E-state index contributed by atoms with van der Waals surface area (Å²) in [6.07, 6.45) is 6.61. The molecule has 1 aliphatic heterocycles. The molecule has 3 heteroatoms. The maximum absolute atomic E-state index is 13.8. The van der Waals surface area contributed by atoms with Gasteiger partial charge in [-0.1, -0.05) is 25.3 Å². The monoisotopic (exact) mass is 263 g/mol. The number of fused-ring (bicyclic) bond motifs is 1. The molecule has 104 valence electrons. The summed E-state index contributed by atoms with van der Waals surface area (Å²) in [5, 5.41) is 9.40. The highest BCUT2D eigenvalue weighted by atomic mass is 19.1. The van der Waals surface area contributed by atoms with Gasteiger partial charge in [0.15, 0.2) is 0 Å². The van der Waals surface area contributed by atoms with Gasteiger partial charge < -0.3 is 10.0 Å². The molecule has 1 aromatic carbocycles. The van der Waals surface area contributed by atoms with Crippen LogP contribution in [-0.2, 0) is 6.61 Å². The van der Waals surface area contributed by atoms with E-state index >= 15 is 0 Å². The molecule has 19 heavy (non-hydrogen) atoms. The molecule has 1 saturated carbocycles. The number of nitrogens with zero attached hydrogens (tertiary/aromatic N) is 1. The highest BCUT2D eigenvalue weighted by Gasteiger charge is 2.31. The Morgan fingerprint density at radius 3 is 2.74 bits per heavy atom. The first-order valence-electron chi connectivity index (χ1n) is 7.43. The first-order valence-corrected chi connectivity index (χ1v) is 7.43. The van der Waals surface area contributed by atoms with Crippen molar-refractivity contribution in [2.75, 3.05) is 18.0 Å². The molecular weight excluding hydrogens is 241 g/mol. The molecule has 1 saturated heterocycles. The minimum Gasteiger partial charge on any atom is -0.391 e. The lowest BCUT2D eigenvalue weighted by Gasteiger charge is -2.42. The average Bonchev–Trinajstić information content (AvgIpc) is 2.46. The molecule has 0 bridgehead atoms. The summed E-state index contributed by atoms with van der Waals surface area (Å²) in [6, 6.07) is 5.12. The normalized spacial score (nSPS) is 27.2. The van der Waals surface area contributed by atoms with Crippen molar-refractivity contribution in [1.82, 2.24) is 0 Å². The largest absolute Gasteiger partial charge is 0.391 e. The number of rotatable bonds is 2. The van der Waals surface area contributed by atoms with Gasteiger partial charge >= 0.3 is 0 Å². The second kappa shape index (κ2) is 5.49. The van der Waals surface area contributed by atoms with E-state index in [1.165, 1.54) is 38.2 Å². The lowest BCUT2D eigenvalue weighted by atomic mass is 9.75. The fourth-order valence-electron chi connectivity index (χ4n) is 3.82. The van der Waals surface area contributed by atoms with Gasteiger partial charge in [0.2, 0.25) is 0 Å². The maximum atomic E-state index is 13.8. The third-order valence-corrected chi connectivity index (χ3v) is 4.88. The van der Waals surface area contributed by atoms with Crippen LogP contribution in [0.1, 0.15) is 37.7 Å². The van der Waals surface area contributed by atoms with E-state index in [-0.39, 0.29) is 12.4 Å². The van der Waals surface area contributed by atoms with Crippen LogP contribution in [0.15, 0.2) is 18.2 Å². The molecule has 2 aliphatic rings. The summed E-state index contributed by atoms with van der Waals surface area (Å²) >= 11 is 0. The topological polar surface area (TPSA) is 23.5 Å². The molecule has 0 amide bonds. The molecule has 1 aromatic rings. The van der Waals surface area contributed by atoms with Crippen LogP contribution < -0.4 is 4.90 Å². The highest BCUT2D eigenvalue weighted by Crippen LogP contribution is 2.38. The van der Waals surface area contributed by atoms with Gasteiger partial charge in [0.1, 0.15) is 5.82 Å². The van der Waals surface area contributed by atoms with Gasteiger partial charge in [-0.2, -0.15) is 0 Å². The molecule has 2 atom stereocenters. The fraction of sp³-hybridized carbons (Fsp3) is 0.625. The number of aliphatic hydroxyl groups excluding tert-OH is 1. The number of piperidine rings is 1. The van der Waals surface area contributed by atoms with Crippen molar-refractivity contribution in [3.8, 4) is 0 Å². The van der Waals surface area contributed by atoms with Crippen molar-refractivity contribution >= 4 is 5.69 Å². The average molecular weight is 263 g/mol. The van der Waals surface area contributed by atoms with E-state index < -0.39 is 0 Å². The van der Waals surface area contributed by atoms with E-state index in [0.29, 0.717) is 5.56 Å². The molecular formula is C16H22FNO. The Labute approximate surface area is 114 Å². The number of anilines is 1. The van der Waals surface area contributed by atoms with Crippen LogP contribution in [0.2, 0.25) is 0 Å². The van der Waals surface area contributed by atoms with Crippen molar-refractivity contribution in [1.29, 1.82) is 0 Å². The van der Waals surface area contributed by atoms with E-state index in [4.69, 9.17) is 0 Å². The van der Waals surface area contributed by atoms with Gasteiger partial charge in [-0.15, -0.1) is 0 Å². The Bertz CT molecular complexity index is 448. The van der Waals surface area contributed by atoms with Crippen LogP contribution in [0.5, 0.6) is 0 Å². The maximum Gasteiger partial charge on any atom is 0.130 e. The molecule has 1 heterocycles. The van der Waals surface area contributed by atoms with E-state index in [2.05, 4.69) is 4.90 Å². The fourth-order valence-corrected chi connectivity index (χ4v) is 3.82. The van der Waals surface area contributed by atoms with Crippen molar-refractivity contribution in [2.24, 2.45) is 11.8 Å². The van der Waals surface area contributed by atoms with Gasteiger partial charge in [-0.3, -0.25) is 0 Å². The standard InChI is InChI=1S/C16H22FNO/c17-15-6-3-7-16(14(15)11-19)18-9-8-12-4-1-2-5-13(12)10-18/h3,6-7,12-13,19H,1-2,4-5,8-11H2. The summed E-state index contributed by atoms with van der Waals surface area (Å²) in [6.45, 7) is 1.81. The van der Waals surface area contributed by atoms with Crippen LogP contribution in [0, 0.1) is 17.7 Å². The quantitative estimate of drug-likeness (QED) is 0.884. The first-order chi connectivity index (χ1) is 9.29. The molecule has 3 rings (SSSR count). The Morgan fingerprint density at radius 1 is 1.16 bits per heavy atom. The van der Waals surface area contributed by atoms with Gasteiger partial charge in [-0.25, -0.2) is 4.39 Å². The van der Waals surface area contributed by atoms with E-state index in [1.807, 2.05) is 6.07 Å². The van der Waals surface area contributed by atoms with E-state index in [1.54, 1.807) is 6.07 Å². The highest BCUT2D eigenvalue weighted by molar-refractivity contribution is 5.54. The van der Waals surface area contributed by atoms with E-state index in [9.17, 15) is 9.50 Å². The zero-order valence-corrected chi connectivity index (χ0v) is 11.3. The zero-order chi connectivity index (χ0) is 13.2. The third kappa shape index (κ3) is 2.48. The molecule has 0 radical (unpaired) electrons. The van der Waals surface area contributed by atoms with Crippen LogP contribution in [0.25, 0.3) is 0 Å². The first kappa shape index (κ1) is 12.9. The molecule has 2 nitrogen and oxygen atoms in total. The molecule has 1 N–H and O–H groups in total. The van der Waals surface area contributed by atoms with Crippen molar-refractivity contribution in [3.05, 3.63) is 29.6 Å². The van der Waals surface area contributed by atoms with E-state index in [0.717, 1.165) is 30.6 Å². The second-order valence-corrected chi connectivity index (χ2v) is 5.93. The van der Waals surface area contributed by atoms with Crippen LogP contribution >= 0.6 is 0 Å². The van der Waals surface area contributed by atoms with Crippen LogP contribution in [0.4, 0.5) is 10.1 Å². The van der Waals surface area contributed by atoms with Gasteiger partial charge in [-0.05, 0) is 36.8 Å². The number of aliphatic hydroxyl groups is 1. The van der Waals surface area contributed by atoms with Gasteiger partial charge in [0, 0.05) is 24.3 Å². The van der Waals surface area contributed by atoms with Crippen molar-refractivity contribution < 1.29 is 9.50 Å². The summed E-state index contributed by atoms with van der Waals surface area (Å²) in [4.78, 5) is 2.28. The number of hydrogen-bond donors (Lipinski definition) is 1. The summed E-state index contributed by atoms with van der Waals surface area (Å²) < 4.78 is 13.8. The second-order valence-electron chi connectivity index (χ2n) is 5.93. The van der Waals surface area contributed by atoms with Crippen molar-refractivity contribution in [2.45, 2.75) is 38.7 Å². The Balaban J connectivity index is 1.81. The number of halogens is 1. The molecule has 0 spiro atoms. The molecule has 2 fully saturated rings. The number of hydrogen-bond acceptors (Lipinski definition) is 2. The Morgan fingerprint density at radius 2 is 1.95 bits per heavy atom. The summed E-state index contributed by atoms with van der Waals surface area (Å²) in [7, 11) is 0. The zero-order valence-electron chi connectivity index (χ0n) is 11.3. The summed E-state index contributed by atoms with van der Waals surface area (Å²) in [5.41, 5.74) is 1.35. The summed E-state index contributed by atoms with van der Waals surface area (Å²) in [5.74, 6) is 1.35. The van der Waals surface area contributed by atoms with Crippen molar-refractivity contribution in [3.63, 3.8) is 0 Å².